The van der Waals surface area contributed by atoms with Crippen molar-refractivity contribution in [3.05, 3.63) is 53.3 Å². The van der Waals surface area contributed by atoms with Gasteiger partial charge in [-0.15, -0.1) is 0 Å². The lowest BCUT2D eigenvalue weighted by Crippen LogP contribution is -2.22. The van der Waals surface area contributed by atoms with Gasteiger partial charge in [-0.05, 0) is 44.6 Å². The lowest BCUT2D eigenvalue weighted by molar-refractivity contribution is -0.123. The molecular formula is C20H30N4O4. The Morgan fingerprint density at radius 1 is 1.14 bits per heavy atom. The second kappa shape index (κ2) is 12.6. The zero-order chi connectivity index (χ0) is 20.9. The lowest BCUT2D eigenvalue weighted by atomic mass is 10.0. The van der Waals surface area contributed by atoms with E-state index in [1.807, 2.05) is 17.9 Å². The number of benzene rings is 1. The molecule has 0 aliphatic carbocycles. The van der Waals surface area contributed by atoms with Gasteiger partial charge in [0.25, 0.3) is 12.9 Å². The first-order valence-electron chi connectivity index (χ1n) is 9.06. The summed E-state index contributed by atoms with van der Waals surface area (Å²) in [7, 11) is 6.20. The Kier molecular flexibility index (Phi) is 10.5. The molecule has 154 valence electrons. The van der Waals surface area contributed by atoms with E-state index in [2.05, 4.69) is 59.5 Å². The van der Waals surface area contributed by atoms with Gasteiger partial charge in [0.15, 0.2) is 0 Å². The summed E-state index contributed by atoms with van der Waals surface area (Å²) >= 11 is 0. The summed E-state index contributed by atoms with van der Waals surface area (Å²) in [6.45, 7) is 2.68. The summed E-state index contributed by atoms with van der Waals surface area (Å²) < 4.78 is 1.89. The van der Waals surface area contributed by atoms with Crippen molar-refractivity contribution < 1.29 is 19.8 Å². The van der Waals surface area contributed by atoms with Gasteiger partial charge in [-0.3, -0.25) is 19.2 Å². The fourth-order valence-electron chi connectivity index (χ4n) is 3.39. The lowest BCUT2D eigenvalue weighted by Gasteiger charge is -2.24. The molecule has 1 aliphatic heterocycles. The van der Waals surface area contributed by atoms with E-state index in [1.54, 1.807) is 0 Å². The standard InChI is InChI=1S/C18H26N4.2CH2O2/c1-20(2)12-15-6-8-17(9-7-15)18-5-4-10-22(18)14-16-11-19-21(3)13-16;2*2-1-3/h6-9,11,13,18H,4-5,10,12,14H2,1-3H3;2*1H,(H,2,3). The number of nitrogens with zero attached hydrogens (tertiary/aromatic N) is 4. The number of aromatic nitrogens is 2. The van der Waals surface area contributed by atoms with Gasteiger partial charge in [-0.1, -0.05) is 24.3 Å². The van der Waals surface area contributed by atoms with Crippen molar-refractivity contribution in [1.82, 2.24) is 19.6 Å². The van der Waals surface area contributed by atoms with E-state index in [0.29, 0.717) is 6.04 Å². The molecule has 0 radical (unpaired) electrons. The summed E-state index contributed by atoms with van der Waals surface area (Å²) in [6, 6.07) is 9.72. The van der Waals surface area contributed by atoms with Gasteiger partial charge in [0.2, 0.25) is 0 Å². The van der Waals surface area contributed by atoms with E-state index in [4.69, 9.17) is 19.8 Å². The van der Waals surface area contributed by atoms with Crippen LogP contribution < -0.4 is 0 Å². The van der Waals surface area contributed by atoms with Crippen LogP contribution in [0.25, 0.3) is 0 Å². The molecule has 1 aromatic heterocycles. The van der Waals surface area contributed by atoms with Crippen molar-refractivity contribution >= 4 is 12.9 Å². The van der Waals surface area contributed by atoms with E-state index < -0.39 is 0 Å². The van der Waals surface area contributed by atoms with Crippen LogP contribution in [0.2, 0.25) is 0 Å². The molecule has 1 aliphatic rings. The highest BCUT2D eigenvalue weighted by Crippen LogP contribution is 2.33. The van der Waals surface area contributed by atoms with E-state index >= 15 is 0 Å². The van der Waals surface area contributed by atoms with Crippen LogP contribution in [-0.4, -0.2) is 63.4 Å². The van der Waals surface area contributed by atoms with Crippen molar-refractivity contribution in [3.8, 4) is 0 Å². The minimum atomic E-state index is -0.250. The molecule has 1 unspecified atom stereocenters. The van der Waals surface area contributed by atoms with E-state index in [0.717, 1.165) is 13.1 Å². The number of carbonyl (C=O) groups is 2. The van der Waals surface area contributed by atoms with Crippen LogP contribution in [0.1, 0.15) is 35.6 Å². The van der Waals surface area contributed by atoms with E-state index in [1.165, 1.54) is 36.1 Å². The van der Waals surface area contributed by atoms with Crippen LogP contribution in [0, 0.1) is 0 Å². The molecule has 1 aromatic carbocycles. The van der Waals surface area contributed by atoms with Gasteiger partial charge in [-0.25, -0.2) is 0 Å². The summed E-state index contributed by atoms with van der Waals surface area (Å²) in [5.41, 5.74) is 4.13. The summed E-state index contributed by atoms with van der Waals surface area (Å²) in [6.07, 6.45) is 6.64. The topological polar surface area (TPSA) is 98.9 Å². The maximum absolute atomic E-state index is 8.36. The quantitative estimate of drug-likeness (QED) is 0.755. The number of carboxylic acid groups (broad SMARTS) is 2. The first-order valence-corrected chi connectivity index (χ1v) is 9.06. The molecule has 0 bridgehead atoms. The highest BCUT2D eigenvalue weighted by atomic mass is 16.3. The predicted molar refractivity (Wildman–Crippen MR) is 107 cm³/mol. The van der Waals surface area contributed by atoms with Crippen molar-refractivity contribution in [2.75, 3.05) is 20.6 Å². The zero-order valence-corrected chi connectivity index (χ0v) is 16.7. The molecule has 2 heterocycles. The number of hydrogen-bond donors (Lipinski definition) is 2. The molecule has 0 amide bonds. The van der Waals surface area contributed by atoms with Crippen LogP contribution in [0.3, 0.4) is 0 Å². The Bertz CT molecular complexity index is 694. The molecule has 0 spiro atoms. The van der Waals surface area contributed by atoms with Crippen molar-refractivity contribution in [2.24, 2.45) is 7.05 Å². The summed E-state index contributed by atoms with van der Waals surface area (Å²) in [5.74, 6) is 0. The largest absolute Gasteiger partial charge is 0.483 e. The third-order valence-corrected chi connectivity index (χ3v) is 4.37. The van der Waals surface area contributed by atoms with Crippen molar-refractivity contribution in [2.45, 2.75) is 32.0 Å². The third-order valence-electron chi connectivity index (χ3n) is 4.37. The molecule has 1 atom stereocenters. The predicted octanol–water partition coefficient (Wildman–Crippen LogP) is 2.22. The molecule has 2 N–H and O–H groups in total. The molecule has 8 nitrogen and oxygen atoms in total. The highest BCUT2D eigenvalue weighted by molar-refractivity contribution is 5.33. The first kappa shape index (κ1) is 23.3. The summed E-state index contributed by atoms with van der Waals surface area (Å²) in [5, 5.41) is 18.1. The van der Waals surface area contributed by atoms with E-state index in [9.17, 15) is 0 Å². The zero-order valence-electron chi connectivity index (χ0n) is 16.7. The maximum Gasteiger partial charge on any atom is 0.290 e. The Hall–Kier alpha value is -2.71. The van der Waals surface area contributed by atoms with Gasteiger partial charge in [-0.2, -0.15) is 5.10 Å². The smallest absolute Gasteiger partial charge is 0.290 e. The number of rotatable bonds is 5. The van der Waals surface area contributed by atoms with Crippen LogP contribution >= 0.6 is 0 Å². The fraction of sp³-hybridized carbons (Fsp3) is 0.450. The normalized spacial score (nSPS) is 15.9. The monoisotopic (exact) mass is 390 g/mol. The molecule has 3 rings (SSSR count). The maximum atomic E-state index is 8.36. The SMILES string of the molecule is CN(C)Cc1ccc(C2CCCN2Cc2cnn(C)c2)cc1.O=CO.O=CO. The molecule has 1 fully saturated rings. The van der Waals surface area contributed by atoms with Crippen LogP contribution in [0.15, 0.2) is 36.7 Å². The number of aryl methyl sites for hydroxylation is 1. The molecule has 0 saturated carbocycles. The van der Waals surface area contributed by atoms with E-state index in [-0.39, 0.29) is 12.9 Å². The second-order valence-electron chi connectivity index (χ2n) is 6.84. The molecule has 1 saturated heterocycles. The van der Waals surface area contributed by atoms with Crippen LogP contribution in [0.4, 0.5) is 0 Å². The Morgan fingerprint density at radius 2 is 1.75 bits per heavy atom. The average molecular weight is 390 g/mol. The minimum absolute atomic E-state index is 0.250. The molecular weight excluding hydrogens is 360 g/mol. The van der Waals surface area contributed by atoms with Crippen molar-refractivity contribution in [3.63, 3.8) is 0 Å². The summed E-state index contributed by atoms with van der Waals surface area (Å²) in [4.78, 5) is 21.5. The van der Waals surface area contributed by atoms with Gasteiger partial charge in [0.1, 0.15) is 0 Å². The number of hydrogen-bond acceptors (Lipinski definition) is 5. The van der Waals surface area contributed by atoms with Gasteiger partial charge < -0.3 is 15.1 Å². The van der Waals surface area contributed by atoms with Gasteiger partial charge in [0.05, 0.1) is 6.20 Å². The number of likely N-dealkylation sites (tertiary alicyclic amines) is 1. The third kappa shape index (κ3) is 7.89. The van der Waals surface area contributed by atoms with Crippen LogP contribution in [0.5, 0.6) is 0 Å². The molecule has 8 heteroatoms. The Balaban J connectivity index is 0.000000582. The molecule has 28 heavy (non-hydrogen) atoms. The van der Waals surface area contributed by atoms with Gasteiger partial charge in [0, 0.05) is 37.9 Å². The Morgan fingerprint density at radius 3 is 2.25 bits per heavy atom. The fourth-order valence-corrected chi connectivity index (χ4v) is 3.39. The highest BCUT2D eigenvalue weighted by Gasteiger charge is 2.26. The molecule has 2 aromatic rings. The minimum Gasteiger partial charge on any atom is -0.483 e. The second-order valence-corrected chi connectivity index (χ2v) is 6.84. The van der Waals surface area contributed by atoms with Gasteiger partial charge >= 0.3 is 0 Å². The Labute approximate surface area is 166 Å². The van der Waals surface area contributed by atoms with Crippen molar-refractivity contribution in [1.29, 1.82) is 0 Å². The average Bonchev–Trinajstić information content (AvgIpc) is 3.26. The van der Waals surface area contributed by atoms with Crippen LogP contribution in [-0.2, 0) is 29.7 Å². The first-order chi connectivity index (χ1) is 13.4.